The molecule has 0 spiro atoms. The van der Waals surface area contributed by atoms with Crippen molar-refractivity contribution in [3.05, 3.63) is 72.9 Å². The van der Waals surface area contributed by atoms with Gasteiger partial charge in [0, 0.05) is 30.5 Å². The zero-order valence-corrected chi connectivity index (χ0v) is 17.4. The number of nitrogens with one attached hydrogen (secondary N) is 1. The predicted molar refractivity (Wildman–Crippen MR) is 125 cm³/mol. The predicted octanol–water partition coefficient (Wildman–Crippen LogP) is 5.02. The lowest BCUT2D eigenvalue weighted by atomic mass is 10.0. The Hall–Kier alpha value is -3.97. The molecule has 32 heavy (non-hydrogen) atoms. The number of furan rings is 1. The number of hydrogen-bond acceptors (Lipinski definition) is 7. The highest BCUT2D eigenvalue weighted by atomic mass is 16.5. The van der Waals surface area contributed by atoms with Gasteiger partial charge in [-0.2, -0.15) is 4.98 Å². The summed E-state index contributed by atoms with van der Waals surface area (Å²) in [6.07, 6.45) is 1.72. The smallest absolute Gasteiger partial charge is 0.230 e. The van der Waals surface area contributed by atoms with E-state index in [-0.39, 0.29) is 0 Å². The standard InChI is InChI=1S/C25H21N5O2/c1-2-7-17(8-3-1)18-9-4-5-11-20(18)27-25-28-21-19-10-6-12-26-24(19)32-22(21)23(29-25)30-13-15-31-16-14-30/h1-12H,13-16H2,(H,27,28,29). The van der Waals surface area contributed by atoms with Gasteiger partial charge in [-0.1, -0.05) is 48.5 Å². The molecule has 6 rings (SSSR count). The van der Waals surface area contributed by atoms with E-state index in [0.29, 0.717) is 30.5 Å². The number of morpholine rings is 1. The minimum atomic E-state index is 0.522. The van der Waals surface area contributed by atoms with E-state index in [9.17, 15) is 0 Å². The van der Waals surface area contributed by atoms with E-state index in [2.05, 4.69) is 33.4 Å². The Labute approximate surface area is 184 Å². The van der Waals surface area contributed by atoms with Crippen LogP contribution in [0.3, 0.4) is 0 Å². The number of benzene rings is 2. The first kappa shape index (κ1) is 18.8. The molecule has 0 unspecified atom stereocenters. The van der Waals surface area contributed by atoms with Crippen molar-refractivity contribution in [1.82, 2.24) is 15.0 Å². The minimum absolute atomic E-state index is 0.522. The third-order valence-corrected chi connectivity index (χ3v) is 5.64. The van der Waals surface area contributed by atoms with Gasteiger partial charge in [0.1, 0.15) is 5.52 Å². The first-order valence-electron chi connectivity index (χ1n) is 10.7. The van der Waals surface area contributed by atoms with Crippen LogP contribution < -0.4 is 10.2 Å². The summed E-state index contributed by atoms with van der Waals surface area (Å²) in [6.45, 7) is 2.81. The first-order chi connectivity index (χ1) is 15.9. The zero-order chi connectivity index (χ0) is 21.3. The molecule has 4 heterocycles. The van der Waals surface area contributed by atoms with Gasteiger partial charge in [0.25, 0.3) is 0 Å². The topological polar surface area (TPSA) is 76.3 Å². The fraction of sp³-hybridized carbons (Fsp3) is 0.160. The van der Waals surface area contributed by atoms with Gasteiger partial charge in [0.15, 0.2) is 11.4 Å². The zero-order valence-electron chi connectivity index (χ0n) is 17.4. The van der Waals surface area contributed by atoms with Crippen LogP contribution >= 0.6 is 0 Å². The molecule has 1 aliphatic heterocycles. The SMILES string of the molecule is c1ccc(-c2ccccc2Nc2nc(N3CCOCC3)c3oc4ncccc4c3n2)cc1. The highest BCUT2D eigenvalue weighted by molar-refractivity contribution is 6.05. The van der Waals surface area contributed by atoms with Crippen LogP contribution in [0.15, 0.2) is 77.3 Å². The van der Waals surface area contributed by atoms with E-state index in [1.165, 1.54) is 0 Å². The molecule has 0 aliphatic carbocycles. The van der Waals surface area contributed by atoms with Crippen LogP contribution in [0.4, 0.5) is 17.5 Å². The van der Waals surface area contributed by atoms with Gasteiger partial charge < -0.3 is 19.4 Å². The molecule has 1 fully saturated rings. The quantitative estimate of drug-likeness (QED) is 0.435. The molecule has 1 aliphatic rings. The van der Waals surface area contributed by atoms with Gasteiger partial charge >= 0.3 is 0 Å². The van der Waals surface area contributed by atoms with E-state index in [1.807, 2.05) is 48.5 Å². The summed E-state index contributed by atoms with van der Waals surface area (Å²) < 4.78 is 11.6. The van der Waals surface area contributed by atoms with Crippen LogP contribution in [-0.4, -0.2) is 41.3 Å². The number of rotatable bonds is 4. The molecule has 1 saturated heterocycles. The largest absolute Gasteiger partial charge is 0.432 e. The number of aromatic nitrogens is 3. The summed E-state index contributed by atoms with van der Waals surface area (Å²) in [4.78, 5) is 16.3. The Balaban J connectivity index is 1.50. The van der Waals surface area contributed by atoms with Crippen LogP contribution in [0.25, 0.3) is 33.3 Å². The fourth-order valence-corrected chi connectivity index (χ4v) is 4.09. The number of fused-ring (bicyclic) bond motifs is 3. The van der Waals surface area contributed by atoms with Gasteiger partial charge in [0.05, 0.1) is 18.6 Å². The van der Waals surface area contributed by atoms with Crippen LogP contribution in [0.1, 0.15) is 0 Å². The normalized spacial score (nSPS) is 14.2. The summed E-state index contributed by atoms with van der Waals surface area (Å²) in [5, 5.41) is 4.33. The van der Waals surface area contributed by atoms with E-state index in [1.54, 1.807) is 6.20 Å². The number of pyridine rings is 1. The Morgan fingerprint density at radius 3 is 2.53 bits per heavy atom. The van der Waals surface area contributed by atoms with Crippen molar-refractivity contribution >= 4 is 39.7 Å². The molecule has 3 aromatic heterocycles. The van der Waals surface area contributed by atoms with Gasteiger partial charge in [-0.3, -0.25) is 0 Å². The molecule has 0 atom stereocenters. The molecule has 158 valence electrons. The summed E-state index contributed by atoms with van der Waals surface area (Å²) in [5.74, 6) is 1.28. The maximum Gasteiger partial charge on any atom is 0.230 e. The van der Waals surface area contributed by atoms with E-state index in [4.69, 9.17) is 19.1 Å². The van der Waals surface area contributed by atoms with Crippen molar-refractivity contribution in [2.75, 3.05) is 36.5 Å². The van der Waals surface area contributed by atoms with Crippen LogP contribution in [0.2, 0.25) is 0 Å². The average molecular weight is 423 g/mol. The van der Waals surface area contributed by atoms with Gasteiger partial charge in [-0.25, -0.2) is 9.97 Å². The number of para-hydroxylation sites is 1. The van der Waals surface area contributed by atoms with Gasteiger partial charge in [0.2, 0.25) is 11.7 Å². The molecule has 7 heteroatoms. The van der Waals surface area contributed by atoms with Crippen molar-refractivity contribution in [3.8, 4) is 11.1 Å². The third kappa shape index (κ3) is 3.33. The van der Waals surface area contributed by atoms with Crippen LogP contribution in [0, 0.1) is 0 Å². The van der Waals surface area contributed by atoms with Crippen molar-refractivity contribution in [2.24, 2.45) is 0 Å². The maximum atomic E-state index is 6.09. The monoisotopic (exact) mass is 423 g/mol. The summed E-state index contributed by atoms with van der Waals surface area (Å²) in [5.41, 5.74) is 5.13. The molecule has 5 aromatic rings. The van der Waals surface area contributed by atoms with Crippen molar-refractivity contribution in [1.29, 1.82) is 0 Å². The van der Waals surface area contributed by atoms with Gasteiger partial charge in [-0.05, 0) is 23.8 Å². The molecule has 2 aromatic carbocycles. The minimum Gasteiger partial charge on any atom is -0.432 e. The number of anilines is 3. The summed E-state index contributed by atoms with van der Waals surface area (Å²) in [6, 6.07) is 22.3. The van der Waals surface area contributed by atoms with Gasteiger partial charge in [-0.15, -0.1) is 0 Å². The Morgan fingerprint density at radius 1 is 0.844 bits per heavy atom. The molecule has 0 radical (unpaired) electrons. The maximum absolute atomic E-state index is 6.09. The second-order valence-corrected chi connectivity index (χ2v) is 7.64. The van der Waals surface area contributed by atoms with E-state index >= 15 is 0 Å². The lowest BCUT2D eigenvalue weighted by Crippen LogP contribution is -2.37. The molecule has 0 saturated carbocycles. The number of hydrogen-bond donors (Lipinski definition) is 1. The molecular weight excluding hydrogens is 402 g/mol. The number of ether oxygens (including phenoxy) is 1. The second-order valence-electron chi connectivity index (χ2n) is 7.64. The Bertz CT molecular complexity index is 1390. The van der Waals surface area contributed by atoms with Crippen LogP contribution in [-0.2, 0) is 4.74 Å². The number of nitrogens with zero attached hydrogens (tertiary/aromatic N) is 4. The highest BCUT2D eigenvalue weighted by Crippen LogP contribution is 2.35. The molecular formula is C25H21N5O2. The molecule has 1 N–H and O–H groups in total. The van der Waals surface area contributed by atoms with E-state index in [0.717, 1.165) is 46.6 Å². The fourth-order valence-electron chi connectivity index (χ4n) is 4.09. The van der Waals surface area contributed by atoms with Crippen LogP contribution in [0.5, 0.6) is 0 Å². The summed E-state index contributed by atoms with van der Waals surface area (Å²) in [7, 11) is 0. The second kappa shape index (κ2) is 7.94. The first-order valence-corrected chi connectivity index (χ1v) is 10.7. The Kier molecular flexibility index (Phi) is 4.66. The van der Waals surface area contributed by atoms with E-state index < -0.39 is 0 Å². The van der Waals surface area contributed by atoms with Crippen molar-refractivity contribution in [3.63, 3.8) is 0 Å². The average Bonchev–Trinajstić information content (AvgIpc) is 3.24. The summed E-state index contributed by atoms with van der Waals surface area (Å²) >= 11 is 0. The highest BCUT2D eigenvalue weighted by Gasteiger charge is 2.22. The molecule has 7 nitrogen and oxygen atoms in total. The molecule has 0 amide bonds. The van der Waals surface area contributed by atoms with Crippen molar-refractivity contribution < 1.29 is 9.15 Å². The third-order valence-electron chi connectivity index (χ3n) is 5.64. The van der Waals surface area contributed by atoms with Crippen molar-refractivity contribution in [2.45, 2.75) is 0 Å². The molecule has 0 bridgehead atoms. The lowest BCUT2D eigenvalue weighted by Gasteiger charge is -2.27. The lowest BCUT2D eigenvalue weighted by molar-refractivity contribution is 0.122. The Morgan fingerprint density at radius 2 is 1.66 bits per heavy atom.